The van der Waals surface area contributed by atoms with Gasteiger partial charge < -0.3 is 4.74 Å². The number of pyridine rings is 1. The Morgan fingerprint density at radius 3 is 1.67 bits per heavy atom. The molecule has 0 N–H and O–H groups in total. The highest BCUT2D eigenvalue weighted by atomic mass is 16.5. The first-order chi connectivity index (χ1) is 21.1. The summed E-state index contributed by atoms with van der Waals surface area (Å²) in [4.78, 5) is 28.0. The van der Waals surface area contributed by atoms with Gasteiger partial charge in [-0.25, -0.2) is 4.79 Å². The number of aryl methyl sites for hydroxylation is 1. The lowest BCUT2D eigenvalue weighted by Crippen LogP contribution is -2.32. The van der Waals surface area contributed by atoms with Gasteiger partial charge in [-0.05, 0) is 52.9 Å². The van der Waals surface area contributed by atoms with Crippen molar-refractivity contribution in [3.05, 3.63) is 190 Å². The molecule has 0 aliphatic rings. The van der Waals surface area contributed by atoms with Crippen LogP contribution in [-0.4, -0.2) is 10.5 Å². The molecule has 2 atom stereocenters. The van der Waals surface area contributed by atoms with Gasteiger partial charge in [0.1, 0.15) is 6.04 Å². The van der Waals surface area contributed by atoms with Crippen molar-refractivity contribution in [2.75, 3.05) is 0 Å². The van der Waals surface area contributed by atoms with Crippen molar-refractivity contribution in [2.24, 2.45) is 0 Å². The Balaban J connectivity index is 1.59. The zero-order valence-electron chi connectivity index (χ0n) is 23.8. The monoisotopic (exact) mass is 561 g/mol. The highest BCUT2D eigenvalue weighted by Crippen LogP contribution is 2.39. The minimum absolute atomic E-state index is 0.193. The lowest BCUT2D eigenvalue weighted by molar-refractivity contribution is 0.0194. The van der Waals surface area contributed by atoms with Gasteiger partial charge in [0.25, 0.3) is 5.56 Å². The van der Waals surface area contributed by atoms with Crippen molar-refractivity contribution in [1.82, 2.24) is 4.57 Å². The smallest absolute Gasteiger partial charge is 0.338 e. The van der Waals surface area contributed by atoms with Crippen LogP contribution in [-0.2, 0) is 4.74 Å². The van der Waals surface area contributed by atoms with Crippen molar-refractivity contribution < 1.29 is 9.53 Å². The van der Waals surface area contributed by atoms with Crippen LogP contribution in [0.15, 0.2) is 163 Å². The second kappa shape index (κ2) is 12.6. The zero-order valence-corrected chi connectivity index (χ0v) is 23.8. The van der Waals surface area contributed by atoms with E-state index in [0.717, 1.165) is 39.1 Å². The van der Waals surface area contributed by atoms with Crippen LogP contribution in [0.1, 0.15) is 39.2 Å². The first kappa shape index (κ1) is 27.7. The summed E-state index contributed by atoms with van der Waals surface area (Å²) in [5.41, 5.74) is 6.33. The number of nitrogens with zero attached hydrogens (tertiary/aromatic N) is 1. The number of hydrogen-bond acceptors (Lipinski definition) is 3. The first-order valence-electron chi connectivity index (χ1n) is 14.3. The molecule has 5 aromatic carbocycles. The van der Waals surface area contributed by atoms with E-state index in [1.807, 2.05) is 146 Å². The summed E-state index contributed by atoms with van der Waals surface area (Å²) >= 11 is 0. The second-order valence-electron chi connectivity index (χ2n) is 10.5. The van der Waals surface area contributed by atoms with E-state index in [2.05, 4.69) is 0 Å². The third kappa shape index (κ3) is 6.09. The predicted molar refractivity (Wildman–Crippen MR) is 172 cm³/mol. The van der Waals surface area contributed by atoms with Crippen LogP contribution >= 0.6 is 0 Å². The Bertz CT molecular complexity index is 1870. The molecule has 0 radical (unpaired) electrons. The molecule has 0 saturated heterocycles. The van der Waals surface area contributed by atoms with Crippen molar-refractivity contribution in [1.29, 1.82) is 0 Å². The molecule has 6 aromatic rings. The van der Waals surface area contributed by atoms with E-state index in [0.29, 0.717) is 5.56 Å². The lowest BCUT2D eigenvalue weighted by atomic mass is 9.93. The number of carbonyl (C=O) groups excluding carboxylic acids is 1. The Morgan fingerprint density at radius 1 is 0.581 bits per heavy atom. The van der Waals surface area contributed by atoms with Crippen LogP contribution in [0.5, 0.6) is 0 Å². The third-order valence-corrected chi connectivity index (χ3v) is 7.60. The van der Waals surface area contributed by atoms with Crippen LogP contribution in [0.2, 0.25) is 0 Å². The highest BCUT2D eigenvalue weighted by Gasteiger charge is 2.33. The standard InChI is InChI=1S/C39H31NO3/c1-28-22-24-33(25-23-28)39(42)43-38(32-20-12-5-13-21-32)37(31-18-10-4-11-19-31)40-35(30-16-8-3-9-17-30)26-34(27-36(40)41)29-14-6-2-7-15-29/h2-27,37-38H,1H3. The van der Waals surface area contributed by atoms with Gasteiger partial charge in [0.05, 0.1) is 11.3 Å². The number of aromatic nitrogens is 1. The van der Waals surface area contributed by atoms with Crippen LogP contribution in [0, 0.1) is 6.92 Å². The molecule has 1 aromatic heterocycles. The van der Waals surface area contributed by atoms with Gasteiger partial charge in [0, 0.05) is 6.07 Å². The number of ether oxygens (including phenoxy) is 1. The number of rotatable bonds is 8. The normalized spacial score (nSPS) is 12.3. The summed E-state index contributed by atoms with van der Waals surface area (Å²) in [6.07, 6.45) is -0.805. The van der Waals surface area contributed by atoms with Crippen molar-refractivity contribution >= 4 is 5.97 Å². The largest absolute Gasteiger partial charge is 0.451 e. The molecule has 0 saturated carbocycles. The topological polar surface area (TPSA) is 48.3 Å². The van der Waals surface area contributed by atoms with E-state index in [-0.39, 0.29) is 5.56 Å². The first-order valence-corrected chi connectivity index (χ1v) is 14.3. The Labute approximate surface area is 251 Å². The number of carbonyl (C=O) groups is 1. The molecule has 6 rings (SSSR count). The fourth-order valence-electron chi connectivity index (χ4n) is 5.44. The molecular weight excluding hydrogens is 530 g/mol. The highest BCUT2D eigenvalue weighted by molar-refractivity contribution is 5.89. The molecular formula is C39H31NO3. The minimum atomic E-state index is -0.805. The molecule has 43 heavy (non-hydrogen) atoms. The molecule has 1 heterocycles. The van der Waals surface area contributed by atoms with Crippen LogP contribution in [0.4, 0.5) is 0 Å². The molecule has 0 amide bonds. The maximum absolute atomic E-state index is 14.4. The van der Waals surface area contributed by atoms with Gasteiger partial charge in [0.2, 0.25) is 0 Å². The molecule has 4 heteroatoms. The molecule has 0 aliphatic carbocycles. The van der Waals surface area contributed by atoms with Gasteiger partial charge in [-0.2, -0.15) is 0 Å². The van der Waals surface area contributed by atoms with E-state index in [1.165, 1.54) is 0 Å². The van der Waals surface area contributed by atoms with Crippen LogP contribution in [0.3, 0.4) is 0 Å². The lowest BCUT2D eigenvalue weighted by Gasteiger charge is -2.32. The Hall–Kier alpha value is -5.48. The molecule has 2 unspecified atom stereocenters. The molecule has 0 bridgehead atoms. The summed E-state index contributed by atoms with van der Waals surface area (Å²) < 4.78 is 8.17. The van der Waals surface area contributed by atoms with Gasteiger partial charge in [0.15, 0.2) is 6.10 Å². The summed E-state index contributed by atoms with van der Waals surface area (Å²) in [5.74, 6) is -0.454. The van der Waals surface area contributed by atoms with Gasteiger partial charge in [-0.3, -0.25) is 9.36 Å². The average molecular weight is 562 g/mol. The summed E-state index contributed by atoms with van der Waals surface area (Å²) in [7, 11) is 0. The summed E-state index contributed by atoms with van der Waals surface area (Å²) in [6.45, 7) is 1.98. The number of hydrogen-bond donors (Lipinski definition) is 0. The maximum Gasteiger partial charge on any atom is 0.338 e. The molecule has 4 nitrogen and oxygen atoms in total. The van der Waals surface area contributed by atoms with Crippen LogP contribution < -0.4 is 5.56 Å². The van der Waals surface area contributed by atoms with E-state index < -0.39 is 18.1 Å². The molecule has 0 spiro atoms. The molecule has 210 valence electrons. The van der Waals surface area contributed by atoms with Crippen molar-refractivity contribution in [3.63, 3.8) is 0 Å². The van der Waals surface area contributed by atoms with E-state index >= 15 is 0 Å². The molecule has 0 aliphatic heterocycles. The SMILES string of the molecule is Cc1ccc(C(=O)OC(c2ccccc2)C(c2ccccc2)n2c(-c3ccccc3)cc(-c3ccccc3)cc2=O)cc1. The molecule has 0 fully saturated rings. The van der Waals surface area contributed by atoms with Gasteiger partial charge in [-0.15, -0.1) is 0 Å². The number of benzene rings is 5. The van der Waals surface area contributed by atoms with Crippen molar-refractivity contribution in [3.8, 4) is 22.4 Å². The fraction of sp³-hybridized carbons (Fsp3) is 0.0769. The van der Waals surface area contributed by atoms with Crippen LogP contribution in [0.25, 0.3) is 22.4 Å². The Morgan fingerprint density at radius 2 is 1.09 bits per heavy atom. The minimum Gasteiger partial charge on any atom is -0.451 e. The third-order valence-electron chi connectivity index (χ3n) is 7.60. The van der Waals surface area contributed by atoms with Gasteiger partial charge in [-0.1, -0.05) is 139 Å². The zero-order chi connectivity index (χ0) is 29.6. The predicted octanol–water partition coefficient (Wildman–Crippen LogP) is 8.68. The average Bonchev–Trinajstić information content (AvgIpc) is 3.07. The Kier molecular flexibility index (Phi) is 8.10. The van der Waals surface area contributed by atoms with E-state index in [9.17, 15) is 9.59 Å². The number of esters is 1. The fourth-order valence-corrected chi connectivity index (χ4v) is 5.44. The van der Waals surface area contributed by atoms with Crippen molar-refractivity contribution in [2.45, 2.75) is 19.1 Å². The maximum atomic E-state index is 14.4. The quantitative estimate of drug-likeness (QED) is 0.175. The van der Waals surface area contributed by atoms with E-state index in [1.54, 1.807) is 22.8 Å². The second-order valence-corrected chi connectivity index (χ2v) is 10.5. The summed E-state index contributed by atoms with van der Waals surface area (Å²) in [6, 6.07) is 49.6. The van der Waals surface area contributed by atoms with E-state index in [4.69, 9.17) is 4.74 Å². The van der Waals surface area contributed by atoms with Gasteiger partial charge >= 0.3 is 5.97 Å². The summed E-state index contributed by atoms with van der Waals surface area (Å²) in [5, 5.41) is 0.